The number of piperidine rings is 1. The number of benzene rings is 2. The van der Waals surface area contributed by atoms with Crippen molar-refractivity contribution >= 4 is 5.97 Å². The number of cyclic esters (lactones) is 1. The van der Waals surface area contributed by atoms with Gasteiger partial charge in [0, 0.05) is 13.0 Å². The smallest absolute Gasteiger partial charge is 0.342 e. The van der Waals surface area contributed by atoms with Gasteiger partial charge < -0.3 is 9.47 Å². The monoisotopic (exact) mass is 377 g/mol. The highest BCUT2D eigenvalue weighted by Crippen LogP contribution is 2.46. The summed E-state index contributed by atoms with van der Waals surface area (Å²) in [7, 11) is 1.60. The minimum absolute atomic E-state index is 0.0722. The van der Waals surface area contributed by atoms with Gasteiger partial charge in [-0.2, -0.15) is 0 Å². The van der Waals surface area contributed by atoms with Crippen LogP contribution in [0.3, 0.4) is 0 Å². The lowest BCUT2D eigenvalue weighted by Crippen LogP contribution is -2.46. The number of likely N-dealkylation sites (tertiary alicyclic amines) is 1. The second-order valence-corrected chi connectivity index (χ2v) is 8.46. The van der Waals surface area contributed by atoms with Crippen molar-refractivity contribution in [1.29, 1.82) is 0 Å². The van der Waals surface area contributed by atoms with Crippen LogP contribution in [0.15, 0.2) is 42.5 Å². The zero-order valence-corrected chi connectivity index (χ0v) is 16.4. The van der Waals surface area contributed by atoms with Crippen molar-refractivity contribution in [3.05, 3.63) is 64.7 Å². The Kier molecular flexibility index (Phi) is 4.39. The van der Waals surface area contributed by atoms with E-state index in [0.29, 0.717) is 16.7 Å². The molecule has 0 bridgehead atoms. The van der Waals surface area contributed by atoms with Crippen LogP contribution in [0.25, 0.3) is 0 Å². The maximum absolute atomic E-state index is 12.5. The van der Waals surface area contributed by atoms with Gasteiger partial charge in [0.2, 0.25) is 0 Å². The summed E-state index contributed by atoms with van der Waals surface area (Å²) in [4.78, 5) is 15.0. The number of hydrogen-bond donors (Lipinski definition) is 0. The highest BCUT2D eigenvalue weighted by atomic mass is 16.5. The summed E-state index contributed by atoms with van der Waals surface area (Å²) in [5.74, 6) is 0.364. The van der Waals surface area contributed by atoms with E-state index in [4.69, 9.17) is 9.47 Å². The zero-order valence-electron chi connectivity index (χ0n) is 16.4. The molecule has 5 rings (SSSR count). The number of nitrogens with zero attached hydrogens (tertiary/aromatic N) is 1. The van der Waals surface area contributed by atoms with Crippen molar-refractivity contribution in [1.82, 2.24) is 4.90 Å². The maximum atomic E-state index is 12.5. The molecule has 2 aliphatic heterocycles. The zero-order chi connectivity index (χ0) is 19.1. The first-order chi connectivity index (χ1) is 13.7. The highest BCUT2D eigenvalue weighted by Gasteiger charge is 2.41. The van der Waals surface area contributed by atoms with E-state index in [0.717, 1.165) is 31.6 Å². The van der Waals surface area contributed by atoms with E-state index >= 15 is 0 Å². The van der Waals surface area contributed by atoms with E-state index in [2.05, 4.69) is 29.2 Å². The third-order valence-electron chi connectivity index (χ3n) is 6.99. The Hall–Kier alpha value is -2.33. The lowest BCUT2D eigenvalue weighted by molar-refractivity contribution is 0.0105. The summed E-state index contributed by atoms with van der Waals surface area (Å²) in [6, 6.07) is 14.8. The number of esters is 1. The van der Waals surface area contributed by atoms with E-state index in [9.17, 15) is 4.79 Å². The SMILES string of the molecule is COc1cccc2c1C(=O)OC(CN1CCC3(CCc4ccccc43)CC1)C2. The van der Waals surface area contributed by atoms with Crippen molar-refractivity contribution in [3.63, 3.8) is 0 Å². The van der Waals surface area contributed by atoms with Gasteiger partial charge in [-0.25, -0.2) is 4.79 Å². The summed E-state index contributed by atoms with van der Waals surface area (Å²) in [6.45, 7) is 2.97. The maximum Gasteiger partial charge on any atom is 0.342 e. The van der Waals surface area contributed by atoms with Crippen molar-refractivity contribution in [2.24, 2.45) is 0 Å². The number of carbonyl (C=O) groups excluding carboxylic acids is 1. The molecule has 4 heteroatoms. The number of methoxy groups -OCH3 is 1. The molecule has 1 spiro atoms. The summed E-state index contributed by atoms with van der Waals surface area (Å²) >= 11 is 0. The highest BCUT2D eigenvalue weighted by molar-refractivity contribution is 5.95. The number of rotatable bonds is 3. The molecule has 28 heavy (non-hydrogen) atoms. The van der Waals surface area contributed by atoms with Crippen LogP contribution >= 0.6 is 0 Å². The topological polar surface area (TPSA) is 38.8 Å². The Balaban J connectivity index is 1.25. The molecule has 0 N–H and O–H groups in total. The molecule has 2 aromatic rings. The van der Waals surface area contributed by atoms with Gasteiger partial charge in [-0.15, -0.1) is 0 Å². The first kappa shape index (κ1) is 17.7. The van der Waals surface area contributed by atoms with Crippen molar-refractivity contribution in [3.8, 4) is 5.75 Å². The Bertz CT molecular complexity index is 898. The Labute approximate surface area is 166 Å². The molecule has 0 aromatic heterocycles. The lowest BCUT2D eigenvalue weighted by atomic mass is 9.74. The molecule has 1 saturated heterocycles. The van der Waals surface area contributed by atoms with Crippen LogP contribution < -0.4 is 4.74 Å². The van der Waals surface area contributed by atoms with Crippen LogP contribution in [0.4, 0.5) is 0 Å². The molecular formula is C24H27NO3. The van der Waals surface area contributed by atoms with Gasteiger partial charge in [-0.3, -0.25) is 4.90 Å². The molecule has 1 aliphatic carbocycles. The molecule has 2 heterocycles. The van der Waals surface area contributed by atoms with Gasteiger partial charge in [0.15, 0.2) is 0 Å². The van der Waals surface area contributed by atoms with Gasteiger partial charge in [0.1, 0.15) is 17.4 Å². The van der Waals surface area contributed by atoms with E-state index in [-0.39, 0.29) is 12.1 Å². The predicted octanol–water partition coefficient (Wildman–Crippen LogP) is 3.76. The van der Waals surface area contributed by atoms with Gasteiger partial charge in [0.25, 0.3) is 0 Å². The van der Waals surface area contributed by atoms with Crippen LogP contribution in [0.5, 0.6) is 5.75 Å². The Morgan fingerprint density at radius 1 is 1.07 bits per heavy atom. The minimum Gasteiger partial charge on any atom is -0.496 e. The van der Waals surface area contributed by atoms with Crippen molar-refractivity contribution in [2.75, 3.05) is 26.7 Å². The largest absolute Gasteiger partial charge is 0.496 e. The number of carbonyl (C=O) groups is 1. The van der Waals surface area contributed by atoms with Crippen LogP contribution in [0.2, 0.25) is 0 Å². The van der Waals surface area contributed by atoms with E-state index in [1.54, 1.807) is 18.2 Å². The summed E-state index contributed by atoms with van der Waals surface area (Å²) in [5, 5.41) is 0. The van der Waals surface area contributed by atoms with Gasteiger partial charge in [0.05, 0.1) is 7.11 Å². The van der Waals surface area contributed by atoms with E-state index in [1.165, 1.54) is 25.7 Å². The molecule has 0 saturated carbocycles. The predicted molar refractivity (Wildman–Crippen MR) is 108 cm³/mol. The average molecular weight is 377 g/mol. The Morgan fingerprint density at radius 2 is 1.86 bits per heavy atom. The van der Waals surface area contributed by atoms with Gasteiger partial charge >= 0.3 is 5.97 Å². The molecule has 1 fully saturated rings. The lowest BCUT2D eigenvalue weighted by Gasteiger charge is -2.41. The molecule has 0 amide bonds. The fourth-order valence-corrected chi connectivity index (χ4v) is 5.48. The summed E-state index contributed by atoms with van der Waals surface area (Å²) in [5.41, 5.74) is 5.14. The molecule has 1 atom stereocenters. The second kappa shape index (κ2) is 6.93. The molecule has 3 aliphatic rings. The van der Waals surface area contributed by atoms with E-state index in [1.807, 2.05) is 18.2 Å². The molecule has 2 aromatic carbocycles. The fourth-order valence-electron chi connectivity index (χ4n) is 5.48. The molecular weight excluding hydrogens is 350 g/mol. The third-order valence-corrected chi connectivity index (χ3v) is 6.99. The molecule has 0 radical (unpaired) electrons. The number of hydrogen-bond acceptors (Lipinski definition) is 4. The number of aryl methyl sites for hydroxylation is 1. The standard InChI is InChI=1S/C24H27NO3/c1-27-21-8-4-6-18-15-19(28-23(26)22(18)21)16-25-13-11-24(12-14-25)10-9-17-5-2-3-7-20(17)24/h2-8,19H,9-16H2,1H3. The van der Waals surface area contributed by atoms with Crippen LogP contribution in [0.1, 0.15) is 46.3 Å². The second-order valence-electron chi connectivity index (χ2n) is 8.46. The van der Waals surface area contributed by atoms with Crippen LogP contribution in [0, 0.1) is 0 Å². The summed E-state index contributed by atoms with van der Waals surface area (Å²) < 4.78 is 11.1. The third kappa shape index (κ3) is 2.91. The fraction of sp³-hybridized carbons (Fsp3) is 0.458. The van der Waals surface area contributed by atoms with Crippen LogP contribution in [-0.2, 0) is 23.0 Å². The molecule has 146 valence electrons. The van der Waals surface area contributed by atoms with Gasteiger partial charge in [-0.1, -0.05) is 36.4 Å². The first-order valence-corrected chi connectivity index (χ1v) is 10.4. The number of fused-ring (bicyclic) bond motifs is 3. The first-order valence-electron chi connectivity index (χ1n) is 10.4. The van der Waals surface area contributed by atoms with Gasteiger partial charge in [-0.05, 0) is 66.9 Å². The number of ether oxygens (including phenoxy) is 2. The molecule has 4 nitrogen and oxygen atoms in total. The molecule has 1 unspecified atom stereocenters. The summed E-state index contributed by atoms with van der Waals surface area (Å²) in [6.07, 6.45) is 5.60. The normalized spacial score (nSPS) is 23.2. The quantitative estimate of drug-likeness (QED) is 0.764. The van der Waals surface area contributed by atoms with Crippen LogP contribution in [-0.4, -0.2) is 43.7 Å². The Morgan fingerprint density at radius 3 is 2.68 bits per heavy atom. The minimum atomic E-state index is -0.248. The van der Waals surface area contributed by atoms with Crippen molar-refractivity contribution in [2.45, 2.75) is 43.6 Å². The van der Waals surface area contributed by atoms with Crippen molar-refractivity contribution < 1.29 is 14.3 Å². The van der Waals surface area contributed by atoms with E-state index < -0.39 is 0 Å². The average Bonchev–Trinajstić information content (AvgIpc) is 3.08.